The molecule has 0 radical (unpaired) electrons. The molecule has 8 heteroatoms. The first-order valence-electron chi connectivity index (χ1n) is 6.07. The second-order valence-electron chi connectivity index (χ2n) is 3.79. The van der Waals surface area contributed by atoms with E-state index < -0.39 is 11.9 Å². The van der Waals surface area contributed by atoms with Crippen LogP contribution in [0.2, 0.25) is 0 Å². The van der Waals surface area contributed by atoms with Gasteiger partial charge in [-0.15, -0.1) is 11.3 Å². The Hall–Kier alpha value is 0.0364. The summed E-state index contributed by atoms with van der Waals surface area (Å²) in [7, 11) is 0. The van der Waals surface area contributed by atoms with Gasteiger partial charge in [-0.25, -0.2) is 4.98 Å². The summed E-state index contributed by atoms with van der Waals surface area (Å²) >= 11 is 2.38. The van der Waals surface area contributed by atoms with Crippen LogP contribution in [0.1, 0.15) is 19.8 Å². The van der Waals surface area contributed by atoms with E-state index in [1.807, 2.05) is 24.3 Å². The molecule has 0 aliphatic carbocycles. The zero-order chi connectivity index (χ0) is 14.4. The maximum atomic E-state index is 11.5. The number of nitrogens with zero attached hydrogens (tertiary/aromatic N) is 1. The normalized spacial score (nSPS) is 9.95. The van der Waals surface area contributed by atoms with E-state index in [0.717, 1.165) is 22.3 Å². The number of esters is 1. The number of thiazole rings is 1. The number of fused-ring (bicyclic) bond motifs is 1. The van der Waals surface area contributed by atoms with Crippen molar-refractivity contribution in [3.05, 3.63) is 24.3 Å². The van der Waals surface area contributed by atoms with Gasteiger partial charge in [-0.3, -0.25) is 9.59 Å². The standard InChI is InChI=1S/C13H13NO4S2.K/c1-2-17-11(15)7-8-12(16)18-20-13-14-9-5-3-4-6-10(9)19-13;/h3-6H,2,7-8H2,1H3;/q;+1. The fourth-order valence-corrected chi connectivity index (χ4v) is 3.04. The van der Waals surface area contributed by atoms with Crippen molar-refractivity contribution in [2.45, 2.75) is 24.1 Å². The van der Waals surface area contributed by atoms with E-state index >= 15 is 0 Å². The van der Waals surface area contributed by atoms with Gasteiger partial charge in [0.1, 0.15) is 12.0 Å². The van der Waals surface area contributed by atoms with Crippen LogP contribution in [0, 0.1) is 0 Å². The topological polar surface area (TPSA) is 65.5 Å². The molecule has 5 nitrogen and oxygen atoms in total. The Morgan fingerprint density at radius 2 is 1.95 bits per heavy atom. The molecular formula is C13H13KNO4S2+. The Morgan fingerprint density at radius 1 is 1.24 bits per heavy atom. The summed E-state index contributed by atoms with van der Waals surface area (Å²) in [5.74, 6) is -0.850. The predicted octanol–water partition coefficient (Wildman–Crippen LogP) is 0.194. The maximum Gasteiger partial charge on any atom is 1.00 e. The van der Waals surface area contributed by atoms with Crippen molar-refractivity contribution < 1.29 is 69.9 Å². The second-order valence-corrected chi connectivity index (χ2v) is 5.80. The zero-order valence-corrected chi connectivity index (χ0v) is 16.6. The average molecular weight is 350 g/mol. The van der Waals surface area contributed by atoms with Gasteiger partial charge in [0.2, 0.25) is 0 Å². The van der Waals surface area contributed by atoms with Crippen molar-refractivity contribution in [1.29, 1.82) is 0 Å². The van der Waals surface area contributed by atoms with E-state index in [1.54, 1.807) is 6.92 Å². The molecule has 0 unspecified atom stereocenters. The minimum absolute atomic E-state index is 0. The minimum atomic E-state index is -0.456. The van der Waals surface area contributed by atoms with Crippen molar-refractivity contribution in [1.82, 2.24) is 4.98 Å². The van der Waals surface area contributed by atoms with Gasteiger partial charge < -0.3 is 8.92 Å². The summed E-state index contributed by atoms with van der Waals surface area (Å²) in [5, 5.41) is 0. The van der Waals surface area contributed by atoms with Crippen LogP contribution in [0.3, 0.4) is 0 Å². The van der Waals surface area contributed by atoms with Crippen LogP contribution < -0.4 is 51.4 Å². The van der Waals surface area contributed by atoms with Gasteiger partial charge in [-0.05, 0) is 19.1 Å². The second kappa shape index (κ2) is 9.93. The first kappa shape index (κ1) is 19.1. The van der Waals surface area contributed by atoms with Crippen LogP contribution in [0.4, 0.5) is 0 Å². The van der Waals surface area contributed by atoms with Crippen molar-refractivity contribution >= 4 is 45.5 Å². The van der Waals surface area contributed by atoms with Crippen LogP contribution in [0.15, 0.2) is 28.6 Å². The molecular weight excluding hydrogens is 337 g/mol. The quantitative estimate of drug-likeness (QED) is 0.421. The number of rotatable bonds is 6. The van der Waals surface area contributed by atoms with Crippen molar-refractivity contribution in [2.75, 3.05) is 6.61 Å². The summed E-state index contributed by atoms with van der Waals surface area (Å²) < 4.78 is 11.4. The third-order valence-corrected chi connectivity index (χ3v) is 4.11. The molecule has 2 rings (SSSR count). The number of hydrogen-bond acceptors (Lipinski definition) is 7. The Morgan fingerprint density at radius 3 is 2.67 bits per heavy atom. The molecule has 0 bridgehead atoms. The Labute approximate surface area is 173 Å². The summed E-state index contributed by atoms with van der Waals surface area (Å²) in [6, 6.07) is 7.69. The van der Waals surface area contributed by atoms with Crippen LogP contribution in [0.25, 0.3) is 10.2 Å². The summed E-state index contributed by atoms with van der Waals surface area (Å²) in [5.41, 5.74) is 0.877. The molecule has 21 heavy (non-hydrogen) atoms. The monoisotopic (exact) mass is 350 g/mol. The number of aromatic nitrogens is 1. The first-order valence-corrected chi connectivity index (χ1v) is 7.63. The van der Waals surface area contributed by atoms with Gasteiger partial charge in [-0.1, -0.05) is 12.1 Å². The average Bonchev–Trinajstić information content (AvgIpc) is 2.86. The number of benzene rings is 1. The van der Waals surface area contributed by atoms with Crippen molar-refractivity contribution in [3.8, 4) is 0 Å². The largest absolute Gasteiger partial charge is 1.00 e. The number of ether oxygens (including phenoxy) is 1. The maximum absolute atomic E-state index is 11.5. The smallest absolute Gasteiger partial charge is 0.466 e. The molecule has 0 saturated heterocycles. The van der Waals surface area contributed by atoms with Crippen LogP contribution >= 0.6 is 23.4 Å². The fourth-order valence-electron chi connectivity index (χ4n) is 1.45. The van der Waals surface area contributed by atoms with E-state index in [2.05, 4.69) is 4.98 Å². The minimum Gasteiger partial charge on any atom is -0.466 e. The van der Waals surface area contributed by atoms with Crippen LogP contribution in [0.5, 0.6) is 0 Å². The van der Waals surface area contributed by atoms with E-state index in [4.69, 9.17) is 8.92 Å². The fraction of sp³-hybridized carbons (Fsp3) is 0.308. The molecule has 0 N–H and O–H groups in total. The molecule has 0 saturated carbocycles. The molecule has 0 spiro atoms. The van der Waals surface area contributed by atoms with Gasteiger partial charge in [-0.2, -0.15) is 0 Å². The van der Waals surface area contributed by atoms with Gasteiger partial charge >= 0.3 is 63.3 Å². The van der Waals surface area contributed by atoms with Gasteiger partial charge in [0.15, 0.2) is 4.34 Å². The van der Waals surface area contributed by atoms with Gasteiger partial charge in [0.25, 0.3) is 0 Å². The van der Waals surface area contributed by atoms with E-state index in [9.17, 15) is 9.59 Å². The first-order chi connectivity index (χ1) is 9.69. The number of carbonyl (C=O) groups is 2. The third-order valence-electron chi connectivity index (χ3n) is 2.32. The van der Waals surface area contributed by atoms with Gasteiger partial charge in [0, 0.05) is 0 Å². The third kappa shape index (κ3) is 6.35. The Balaban J connectivity index is 0.00000220. The molecule has 0 fully saturated rings. The zero-order valence-electron chi connectivity index (χ0n) is 11.8. The van der Waals surface area contributed by atoms with Crippen molar-refractivity contribution in [2.24, 2.45) is 0 Å². The molecule has 0 aliphatic rings. The molecule has 0 aliphatic heterocycles. The molecule has 1 aromatic heterocycles. The van der Waals surface area contributed by atoms with E-state index in [0.29, 0.717) is 10.9 Å². The SMILES string of the molecule is CCOC(=O)CCC(=O)OSc1nc2ccccc2s1.[K+]. The summed E-state index contributed by atoms with van der Waals surface area (Å²) in [4.78, 5) is 26.9. The number of hydrogen-bond donors (Lipinski definition) is 0. The molecule has 0 atom stereocenters. The Kier molecular flexibility index (Phi) is 9.03. The van der Waals surface area contributed by atoms with Gasteiger partial charge in [0.05, 0.1) is 29.7 Å². The van der Waals surface area contributed by atoms with E-state index in [1.165, 1.54) is 11.3 Å². The van der Waals surface area contributed by atoms with Crippen LogP contribution in [-0.2, 0) is 18.5 Å². The summed E-state index contributed by atoms with van der Waals surface area (Å²) in [6.07, 6.45) is 0.0454. The molecule has 2 aromatic rings. The van der Waals surface area contributed by atoms with Crippen LogP contribution in [-0.4, -0.2) is 23.5 Å². The molecule has 1 aromatic carbocycles. The predicted molar refractivity (Wildman–Crippen MR) is 77.4 cm³/mol. The molecule has 1 heterocycles. The molecule has 106 valence electrons. The summed E-state index contributed by atoms with van der Waals surface area (Å²) in [6.45, 7) is 2.04. The van der Waals surface area contributed by atoms with E-state index in [-0.39, 0.29) is 64.2 Å². The number of para-hydroxylation sites is 1. The van der Waals surface area contributed by atoms with Crippen molar-refractivity contribution in [3.63, 3.8) is 0 Å². The molecule has 0 amide bonds. The number of carbonyl (C=O) groups excluding carboxylic acids is 2. The Bertz CT molecular complexity index is 584.